The largest absolute Gasteiger partial charge is 0.475 e. The van der Waals surface area contributed by atoms with E-state index < -0.39 is 37.5 Å². The number of hydrogen-bond donors (Lipinski definition) is 2. The van der Waals surface area contributed by atoms with Crippen LogP contribution in [-0.4, -0.2) is 58.6 Å². The number of aryl methyl sites for hydroxylation is 1. The van der Waals surface area contributed by atoms with Crippen molar-refractivity contribution < 1.29 is 31.2 Å². The molecule has 1 heterocycles. The summed E-state index contributed by atoms with van der Waals surface area (Å²) in [7, 11) is -4.90. The van der Waals surface area contributed by atoms with Crippen molar-refractivity contribution in [3.8, 4) is 0 Å². The van der Waals surface area contributed by atoms with Gasteiger partial charge in [-0.05, 0) is 6.92 Å². The molecule has 0 unspecified atom stereocenters. The van der Waals surface area contributed by atoms with Crippen LogP contribution in [0, 0.1) is 6.92 Å². The van der Waals surface area contributed by atoms with E-state index in [0.717, 1.165) is 10.4 Å². The normalized spacial score (nSPS) is 12.8. The maximum absolute atomic E-state index is 12.0. The number of sulfonamides is 2. The van der Waals surface area contributed by atoms with Gasteiger partial charge in [0, 0.05) is 26.7 Å². The summed E-state index contributed by atoms with van der Waals surface area (Å²) in [5, 5.41) is 8.74. The van der Waals surface area contributed by atoms with Crippen molar-refractivity contribution in [2.45, 2.75) is 11.8 Å². The summed E-state index contributed by atoms with van der Waals surface area (Å²) < 4.78 is 54.8. The highest BCUT2D eigenvalue weighted by Crippen LogP contribution is 2.19. The molecule has 1 aromatic heterocycles. The lowest BCUT2D eigenvalue weighted by Gasteiger charge is -2.11. The molecular weight excluding hydrogens is 324 g/mol. The molecular formula is C10H16N2O7S2. The van der Waals surface area contributed by atoms with Crippen molar-refractivity contribution in [2.24, 2.45) is 0 Å². The van der Waals surface area contributed by atoms with Gasteiger partial charge in [0.05, 0.1) is 5.75 Å². The number of furan rings is 1. The van der Waals surface area contributed by atoms with Crippen LogP contribution in [0.4, 0.5) is 0 Å². The molecule has 0 saturated carbocycles. The minimum Gasteiger partial charge on any atom is -0.475 e. The van der Waals surface area contributed by atoms with Gasteiger partial charge in [-0.25, -0.2) is 30.7 Å². The van der Waals surface area contributed by atoms with Gasteiger partial charge in [0.25, 0.3) is 0 Å². The standard InChI is InChI=1S/C10H16N2O7S2/c1-7-9(6-8(19-7)10(13)14)21(17,18)11-4-5-20(15,16)12(2)3/h6,11H,4-5H2,1-3H3,(H,13,14). The first-order valence-corrected chi connectivity index (χ1v) is 8.80. The molecule has 0 aliphatic rings. The number of carbonyl (C=O) groups is 1. The molecule has 120 valence electrons. The second kappa shape index (κ2) is 6.13. The lowest BCUT2D eigenvalue weighted by Crippen LogP contribution is -2.34. The summed E-state index contributed by atoms with van der Waals surface area (Å²) >= 11 is 0. The molecule has 0 saturated heterocycles. The van der Waals surface area contributed by atoms with E-state index in [2.05, 4.69) is 4.72 Å². The topological polar surface area (TPSA) is 134 Å². The summed E-state index contributed by atoms with van der Waals surface area (Å²) in [6.07, 6.45) is 0. The molecule has 21 heavy (non-hydrogen) atoms. The third kappa shape index (κ3) is 4.27. The summed E-state index contributed by atoms with van der Waals surface area (Å²) in [5.74, 6) is -2.40. The van der Waals surface area contributed by atoms with E-state index in [4.69, 9.17) is 9.52 Å². The van der Waals surface area contributed by atoms with Gasteiger partial charge in [0.1, 0.15) is 10.7 Å². The molecule has 0 amide bonds. The van der Waals surface area contributed by atoms with Gasteiger partial charge in [-0.2, -0.15) is 0 Å². The summed E-state index contributed by atoms with van der Waals surface area (Å²) in [6.45, 7) is 0.966. The molecule has 1 aromatic rings. The number of carboxylic acid groups (broad SMARTS) is 1. The second-order valence-corrected chi connectivity index (χ2v) is 8.37. The van der Waals surface area contributed by atoms with Gasteiger partial charge in [-0.3, -0.25) is 0 Å². The molecule has 0 aliphatic heterocycles. The molecule has 11 heteroatoms. The maximum Gasteiger partial charge on any atom is 0.371 e. The zero-order chi connectivity index (χ0) is 16.4. The van der Waals surface area contributed by atoms with Crippen LogP contribution >= 0.6 is 0 Å². The first-order chi connectivity index (χ1) is 9.47. The van der Waals surface area contributed by atoms with Gasteiger partial charge in [-0.1, -0.05) is 0 Å². The smallest absolute Gasteiger partial charge is 0.371 e. The minimum absolute atomic E-state index is 0.0876. The number of hydrogen-bond acceptors (Lipinski definition) is 6. The third-order valence-electron chi connectivity index (χ3n) is 2.58. The quantitative estimate of drug-likeness (QED) is 0.680. The number of carboxylic acids is 1. The van der Waals surface area contributed by atoms with E-state index in [-0.39, 0.29) is 17.2 Å². The average Bonchev–Trinajstić information content (AvgIpc) is 2.71. The fourth-order valence-electron chi connectivity index (χ4n) is 1.40. The van der Waals surface area contributed by atoms with Crippen LogP contribution in [0.5, 0.6) is 0 Å². The van der Waals surface area contributed by atoms with Crippen LogP contribution in [0.3, 0.4) is 0 Å². The van der Waals surface area contributed by atoms with Crippen molar-refractivity contribution in [1.29, 1.82) is 0 Å². The molecule has 0 aromatic carbocycles. The molecule has 9 nitrogen and oxygen atoms in total. The van der Waals surface area contributed by atoms with Crippen molar-refractivity contribution in [2.75, 3.05) is 26.4 Å². The van der Waals surface area contributed by atoms with E-state index in [1.54, 1.807) is 0 Å². The van der Waals surface area contributed by atoms with E-state index >= 15 is 0 Å². The van der Waals surface area contributed by atoms with Crippen LogP contribution < -0.4 is 4.72 Å². The lowest BCUT2D eigenvalue weighted by molar-refractivity contribution is 0.0661. The van der Waals surface area contributed by atoms with Crippen molar-refractivity contribution in [3.05, 3.63) is 17.6 Å². The Morgan fingerprint density at radius 2 is 1.90 bits per heavy atom. The lowest BCUT2D eigenvalue weighted by atomic mass is 10.4. The highest BCUT2D eigenvalue weighted by atomic mass is 32.2. The first-order valence-electron chi connectivity index (χ1n) is 5.71. The number of rotatable bonds is 7. The Morgan fingerprint density at radius 1 is 1.33 bits per heavy atom. The molecule has 0 bridgehead atoms. The van der Waals surface area contributed by atoms with Crippen molar-refractivity contribution >= 4 is 26.0 Å². The van der Waals surface area contributed by atoms with Gasteiger partial charge in [0.15, 0.2) is 0 Å². The zero-order valence-electron chi connectivity index (χ0n) is 11.7. The highest BCUT2D eigenvalue weighted by Gasteiger charge is 2.24. The predicted molar refractivity (Wildman–Crippen MR) is 73.1 cm³/mol. The molecule has 0 aliphatic carbocycles. The average molecular weight is 340 g/mol. The van der Waals surface area contributed by atoms with Gasteiger partial charge >= 0.3 is 5.97 Å². The maximum atomic E-state index is 12.0. The molecule has 0 radical (unpaired) electrons. The Balaban J connectivity index is 2.86. The monoisotopic (exact) mass is 340 g/mol. The van der Waals surface area contributed by atoms with Gasteiger partial charge < -0.3 is 9.52 Å². The zero-order valence-corrected chi connectivity index (χ0v) is 13.3. The van der Waals surface area contributed by atoms with Crippen LogP contribution in [0.25, 0.3) is 0 Å². The Hall–Kier alpha value is -1.43. The predicted octanol–water partition coefficient (Wildman–Crippen LogP) is -0.544. The third-order valence-corrected chi connectivity index (χ3v) is 5.98. The van der Waals surface area contributed by atoms with Crippen LogP contribution in [-0.2, 0) is 20.0 Å². The van der Waals surface area contributed by atoms with E-state index in [0.29, 0.717) is 0 Å². The summed E-state index contributed by atoms with van der Waals surface area (Å²) in [5.41, 5.74) is 0. The SMILES string of the molecule is Cc1oc(C(=O)O)cc1S(=O)(=O)NCCS(=O)(=O)N(C)C. The van der Waals surface area contributed by atoms with Crippen LogP contribution in [0.2, 0.25) is 0 Å². The fourth-order valence-corrected chi connectivity index (χ4v) is 3.47. The van der Waals surface area contributed by atoms with Crippen LogP contribution in [0.1, 0.15) is 16.3 Å². The minimum atomic E-state index is -4.04. The Labute approximate surface area is 122 Å². The number of aromatic carboxylic acids is 1. The summed E-state index contributed by atoms with van der Waals surface area (Å²) in [4.78, 5) is 10.4. The summed E-state index contributed by atoms with van der Waals surface area (Å²) in [6, 6.07) is 0.875. The van der Waals surface area contributed by atoms with E-state index in [1.807, 2.05) is 0 Å². The molecule has 0 atom stereocenters. The Kier molecular flexibility index (Phi) is 5.15. The number of nitrogens with zero attached hydrogens (tertiary/aromatic N) is 1. The molecule has 0 spiro atoms. The Morgan fingerprint density at radius 3 is 2.33 bits per heavy atom. The van der Waals surface area contributed by atoms with Crippen molar-refractivity contribution in [3.63, 3.8) is 0 Å². The second-order valence-electron chi connectivity index (χ2n) is 4.33. The van der Waals surface area contributed by atoms with Crippen LogP contribution in [0.15, 0.2) is 15.4 Å². The fraction of sp³-hybridized carbons (Fsp3) is 0.500. The van der Waals surface area contributed by atoms with E-state index in [1.165, 1.54) is 21.0 Å². The van der Waals surface area contributed by atoms with Gasteiger partial charge in [-0.15, -0.1) is 0 Å². The van der Waals surface area contributed by atoms with Gasteiger partial charge in [0.2, 0.25) is 25.8 Å². The molecule has 1 rings (SSSR count). The molecule has 2 N–H and O–H groups in total. The molecule has 0 fully saturated rings. The van der Waals surface area contributed by atoms with Crippen molar-refractivity contribution in [1.82, 2.24) is 9.03 Å². The van der Waals surface area contributed by atoms with E-state index in [9.17, 15) is 21.6 Å². The highest BCUT2D eigenvalue weighted by molar-refractivity contribution is 7.90. The first kappa shape index (κ1) is 17.6. The Bertz CT molecular complexity index is 731. The number of nitrogens with one attached hydrogen (secondary N) is 1.